The highest BCUT2D eigenvalue weighted by atomic mass is 16.5. The molecular weight excluding hydrogens is 234 g/mol. The van der Waals surface area contributed by atoms with Crippen molar-refractivity contribution in [1.29, 1.82) is 0 Å². The van der Waals surface area contributed by atoms with E-state index in [1.807, 2.05) is 11.9 Å². The van der Waals surface area contributed by atoms with Crippen molar-refractivity contribution in [2.45, 2.75) is 25.8 Å². The molecule has 1 aromatic heterocycles. The summed E-state index contributed by atoms with van der Waals surface area (Å²) in [5, 5.41) is 8.93. The van der Waals surface area contributed by atoms with Crippen LogP contribution in [0.25, 0.3) is 0 Å². The first-order valence-electron chi connectivity index (χ1n) is 5.97. The van der Waals surface area contributed by atoms with Gasteiger partial charge in [0.1, 0.15) is 0 Å². The lowest BCUT2D eigenvalue weighted by Crippen LogP contribution is -2.37. The van der Waals surface area contributed by atoms with Gasteiger partial charge in [-0.15, -0.1) is 0 Å². The highest BCUT2D eigenvalue weighted by molar-refractivity contribution is 5.88. The van der Waals surface area contributed by atoms with Gasteiger partial charge in [0.05, 0.1) is 11.3 Å². The van der Waals surface area contributed by atoms with E-state index in [4.69, 9.17) is 9.84 Å². The Bertz CT molecular complexity index is 444. The van der Waals surface area contributed by atoms with Crippen LogP contribution in [0.2, 0.25) is 0 Å². The molecule has 6 heteroatoms. The van der Waals surface area contributed by atoms with E-state index in [0.717, 1.165) is 26.1 Å². The minimum atomic E-state index is -0.993. The molecule has 0 saturated carbocycles. The molecule has 1 N–H and O–H groups in total. The van der Waals surface area contributed by atoms with Crippen LogP contribution in [0.15, 0.2) is 6.20 Å². The molecule has 6 nitrogen and oxygen atoms in total. The lowest BCUT2D eigenvalue weighted by atomic mass is 10.1. The molecule has 1 aliphatic heterocycles. The maximum absolute atomic E-state index is 10.9. The SMILES string of the molecule is Cc1nc(N(C)C2CCOCC2)ncc1C(=O)O. The first-order valence-corrected chi connectivity index (χ1v) is 5.97. The molecule has 1 aliphatic rings. The molecule has 0 aliphatic carbocycles. The van der Waals surface area contributed by atoms with E-state index in [1.54, 1.807) is 6.92 Å². The number of carbonyl (C=O) groups is 1. The topological polar surface area (TPSA) is 75.5 Å². The molecule has 0 spiro atoms. The van der Waals surface area contributed by atoms with Crippen LogP contribution < -0.4 is 4.90 Å². The summed E-state index contributed by atoms with van der Waals surface area (Å²) in [6.45, 7) is 3.19. The second-order valence-electron chi connectivity index (χ2n) is 4.43. The molecule has 0 unspecified atom stereocenters. The Balaban J connectivity index is 2.17. The first kappa shape index (κ1) is 12.8. The molecule has 0 bridgehead atoms. The average Bonchev–Trinajstić information content (AvgIpc) is 2.38. The summed E-state index contributed by atoms with van der Waals surface area (Å²) in [5.74, 6) is -0.419. The zero-order valence-corrected chi connectivity index (χ0v) is 10.6. The van der Waals surface area contributed by atoms with Gasteiger partial charge in [0, 0.05) is 32.5 Å². The average molecular weight is 251 g/mol. The Morgan fingerprint density at radius 2 is 2.17 bits per heavy atom. The number of hydrogen-bond acceptors (Lipinski definition) is 5. The first-order chi connectivity index (χ1) is 8.59. The highest BCUT2D eigenvalue weighted by Crippen LogP contribution is 2.18. The van der Waals surface area contributed by atoms with Gasteiger partial charge in [-0.05, 0) is 19.8 Å². The number of aromatic carboxylic acids is 1. The van der Waals surface area contributed by atoms with Crippen LogP contribution in [0.4, 0.5) is 5.95 Å². The van der Waals surface area contributed by atoms with E-state index in [9.17, 15) is 4.79 Å². The van der Waals surface area contributed by atoms with Gasteiger partial charge in [0.2, 0.25) is 5.95 Å². The van der Waals surface area contributed by atoms with Gasteiger partial charge in [-0.2, -0.15) is 0 Å². The van der Waals surface area contributed by atoms with Gasteiger partial charge < -0.3 is 14.7 Å². The van der Waals surface area contributed by atoms with Gasteiger partial charge in [0.25, 0.3) is 0 Å². The zero-order chi connectivity index (χ0) is 13.1. The minimum Gasteiger partial charge on any atom is -0.478 e. The summed E-state index contributed by atoms with van der Waals surface area (Å²) in [6, 6.07) is 0.355. The predicted molar refractivity (Wildman–Crippen MR) is 66.0 cm³/mol. The number of carboxylic acid groups (broad SMARTS) is 1. The third-order valence-electron chi connectivity index (χ3n) is 3.25. The summed E-state index contributed by atoms with van der Waals surface area (Å²) < 4.78 is 5.31. The Hall–Kier alpha value is -1.69. The summed E-state index contributed by atoms with van der Waals surface area (Å²) >= 11 is 0. The number of carboxylic acids is 1. The molecule has 98 valence electrons. The van der Waals surface area contributed by atoms with Crippen LogP contribution in [0.1, 0.15) is 28.9 Å². The monoisotopic (exact) mass is 251 g/mol. The van der Waals surface area contributed by atoms with Crippen molar-refractivity contribution >= 4 is 11.9 Å². The van der Waals surface area contributed by atoms with Gasteiger partial charge in [-0.1, -0.05) is 0 Å². The fraction of sp³-hybridized carbons (Fsp3) is 0.583. The molecule has 2 heterocycles. The normalized spacial score (nSPS) is 16.6. The third kappa shape index (κ3) is 2.59. The molecule has 0 radical (unpaired) electrons. The molecule has 1 fully saturated rings. The van der Waals surface area contributed by atoms with Gasteiger partial charge in [-0.3, -0.25) is 0 Å². The molecule has 2 rings (SSSR count). The number of nitrogens with zero attached hydrogens (tertiary/aromatic N) is 3. The molecule has 0 aromatic carbocycles. The molecule has 1 aromatic rings. The minimum absolute atomic E-state index is 0.152. The highest BCUT2D eigenvalue weighted by Gasteiger charge is 2.21. The number of rotatable bonds is 3. The lowest BCUT2D eigenvalue weighted by molar-refractivity contribution is 0.0695. The van der Waals surface area contributed by atoms with E-state index < -0.39 is 5.97 Å². The quantitative estimate of drug-likeness (QED) is 0.867. The van der Waals surface area contributed by atoms with E-state index in [1.165, 1.54) is 6.20 Å². The maximum Gasteiger partial charge on any atom is 0.339 e. The Kier molecular flexibility index (Phi) is 3.76. The van der Waals surface area contributed by atoms with Crippen molar-refractivity contribution < 1.29 is 14.6 Å². The molecule has 0 atom stereocenters. The molecule has 18 heavy (non-hydrogen) atoms. The number of aromatic nitrogens is 2. The largest absolute Gasteiger partial charge is 0.478 e. The van der Waals surface area contributed by atoms with Crippen molar-refractivity contribution in [3.05, 3.63) is 17.5 Å². The van der Waals surface area contributed by atoms with Crippen molar-refractivity contribution in [3.8, 4) is 0 Å². The van der Waals surface area contributed by atoms with E-state index in [2.05, 4.69) is 9.97 Å². The summed E-state index contributed by atoms with van der Waals surface area (Å²) in [6.07, 6.45) is 3.26. The van der Waals surface area contributed by atoms with Crippen LogP contribution in [0.3, 0.4) is 0 Å². The standard InChI is InChI=1S/C12H17N3O3/c1-8-10(11(16)17)7-13-12(14-8)15(2)9-3-5-18-6-4-9/h7,9H,3-6H2,1-2H3,(H,16,17). The Morgan fingerprint density at radius 3 is 2.72 bits per heavy atom. The zero-order valence-electron chi connectivity index (χ0n) is 10.6. The van der Waals surface area contributed by atoms with Crippen molar-refractivity contribution in [2.24, 2.45) is 0 Å². The summed E-state index contributed by atoms with van der Waals surface area (Å²) in [4.78, 5) is 21.3. The fourth-order valence-corrected chi connectivity index (χ4v) is 2.07. The van der Waals surface area contributed by atoms with Crippen molar-refractivity contribution in [1.82, 2.24) is 9.97 Å². The number of hydrogen-bond donors (Lipinski definition) is 1. The summed E-state index contributed by atoms with van der Waals surface area (Å²) in [7, 11) is 1.94. The van der Waals surface area contributed by atoms with Gasteiger partial charge >= 0.3 is 5.97 Å². The van der Waals surface area contributed by atoms with Crippen molar-refractivity contribution in [2.75, 3.05) is 25.2 Å². The number of ether oxygens (including phenoxy) is 1. The number of anilines is 1. The maximum atomic E-state index is 10.9. The lowest BCUT2D eigenvalue weighted by Gasteiger charge is -2.31. The Morgan fingerprint density at radius 1 is 1.50 bits per heavy atom. The van der Waals surface area contributed by atoms with Crippen molar-refractivity contribution in [3.63, 3.8) is 0 Å². The second kappa shape index (κ2) is 5.30. The van der Waals surface area contributed by atoms with Crippen LogP contribution >= 0.6 is 0 Å². The molecule has 1 saturated heterocycles. The van der Waals surface area contributed by atoms with Gasteiger partial charge in [0.15, 0.2) is 0 Å². The third-order valence-corrected chi connectivity index (χ3v) is 3.25. The second-order valence-corrected chi connectivity index (χ2v) is 4.43. The van der Waals surface area contributed by atoms with E-state index in [-0.39, 0.29) is 5.56 Å². The van der Waals surface area contributed by atoms with Crippen LogP contribution in [0, 0.1) is 6.92 Å². The van der Waals surface area contributed by atoms with E-state index in [0.29, 0.717) is 17.7 Å². The number of aryl methyl sites for hydroxylation is 1. The fourth-order valence-electron chi connectivity index (χ4n) is 2.07. The van der Waals surface area contributed by atoms with Crippen LogP contribution in [-0.4, -0.2) is 47.3 Å². The predicted octanol–water partition coefficient (Wildman–Crippen LogP) is 1.10. The van der Waals surface area contributed by atoms with E-state index >= 15 is 0 Å². The van der Waals surface area contributed by atoms with Crippen LogP contribution in [-0.2, 0) is 4.74 Å². The van der Waals surface area contributed by atoms with Crippen LogP contribution in [0.5, 0.6) is 0 Å². The smallest absolute Gasteiger partial charge is 0.339 e. The Labute approximate surface area is 106 Å². The summed E-state index contributed by atoms with van der Waals surface area (Å²) in [5.41, 5.74) is 0.644. The molecule has 0 amide bonds. The van der Waals surface area contributed by atoms with Gasteiger partial charge in [-0.25, -0.2) is 14.8 Å². The molecular formula is C12H17N3O3.